The van der Waals surface area contributed by atoms with Crippen molar-refractivity contribution in [2.45, 2.75) is 89.4 Å². The number of likely N-dealkylation sites (N-methyl/N-ethyl adjacent to an activating group) is 1. The molecule has 5 atom stereocenters. The van der Waals surface area contributed by atoms with Crippen molar-refractivity contribution in [3.63, 3.8) is 0 Å². The second-order valence-corrected chi connectivity index (χ2v) is 11.0. The van der Waals surface area contributed by atoms with Crippen molar-refractivity contribution < 1.29 is 42.2 Å². The number of carbonyl (C=O) groups excluding carboxylic acids is 3. The third-order valence-electron chi connectivity index (χ3n) is 7.62. The van der Waals surface area contributed by atoms with E-state index >= 15 is 0 Å². The number of fused-ring (bicyclic) bond motifs is 2. The SMILES string of the molecule is CN[C@@H](C)C(=O)N[C@H]1CCO[C@H]2CC(C)(C)[C@@H](C(=O)N[C@@H]3CCCc4ccccc43)N2C1=O.O=C(O)C(F)(F)F. The number of benzene rings is 1. The average molecular weight is 571 g/mol. The van der Waals surface area contributed by atoms with Crippen LogP contribution in [0.25, 0.3) is 0 Å². The number of rotatable bonds is 5. The number of hydrogen-bond acceptors (Lipinski definition) is 6. The van der Waals surface area contributed by atoms with Gasteiger partial charge in [0.1, 0.15) is 18.3 Å². The van der Waals surface area contributed by atoms with Crippen LogP contribution in [0.1, 0.15) is 63.6 Å². The number of carboxylic acid groups (broad SMARTS) is 1. The van der Waals surface area contributed by atoms with Gasteiger partial charge in [-0.05, 0) is 56.2 Å². The smallest absolute Gasteiger partial charge is 0.475 e. The summed E-state index contributed by atoms with van der Waals surface area (Å²) in [5.41, 5.74) is 1.98. The Balaban J connectivity index is 0.000000559. The van der Waals surface area contributed by atoms with Crippen molar-refractivity contribution in [1.82, 2.24) is 20.9 Å². The van der Waals surface area contributed by atoms with E-state index in [1.165, 1.54) is 5.56 Å². The van der Waals surface area contributed by atoms with Crippen LogP contribution in [0.4, 0.5) is 13.2 Å². The molecule has 2 saturated heterocycles. The molecule has 13 heteroatoms. The molecule has 3 aliphatic rings. The summed E-state index contributed by atoms with van der Waals surface area (Å²) in [5, 5.41) is 16.1. The number of ether oxygens (including phenoxy) is 1. The normalized spacial score (nSPS) is 26.3. The number of nitrogens with one attached hydrogen (secondary N) is 3. The van der Waals surface area contributed by atoms with Crippen LogP contribution in [0, 0.1) is 5.41 Å². The first-order chi connectivity index (χ1) is 18.7. The number of carbonyl (C=O) groups is 4. The van der Waals surface area contributed by atoms with E-state index in [2.05, 4.69) is 28.1 Å². The van der Waals surface area contributed by atoms with Crippen LogP contribution in [-0.2, 0) is 30.3 Å². The van der Waals surface area contributed by atoms with Crippen LogP contribution in [0.5, 0.6) is 0 Å². The average Bonchev–Trinajstić information content (AvgIpc) is 3.08. The first-order valence-electron chi connectivity index (χ1n) is 13.3. The summed E-state index contributed by atoms with van der Waals surface area (Å²) in [7, 11) is 1.70. The zero-order valence-corrected chi connectivity index (χ0v) is 23.0. The Bertz CT molecular complexity index is 1110. The number of amides is 3. The van der Waals surface area contributed by atoms with Crippen LogP contribution in [0.2, 0.25) is 0 Å². The molecule has 4 N–H and O–H groups in total. The lowest BCUT2D eigenvalue weighted by molar-refractivity contribution is -0.192. The second-order valence-electron chi connectivity index (χ2n) is 11.0. The number of aliphatic carboxylic acids is 1. The number of halogens is 3. The van der Waals surface area contributed by atoms with Gasteiger partial charge < -0.3 is 30.7 Å². The Morgan fingerprint density at radius 1 is 1.12 bits per heavy atom. The zero-order valence-electron chi connectivity index (χ0n) is 23.0. The summed E-state index contributed by atoms with van der Waals surface area (Å²) in [5.74, 6) is -3.40. The van der Waals surface area contributed by atoms with Gasteiger partial charge in [0.15, 0.2) is 0 Å². The van der Waals surface area contributed by atoms with Gasteiger partial charge in [-0.3, -0.25) is 14.4 Å². The first kappa shape index (κ1) is 31.3. The van der Waals surface area contributed by atoms with Crippen molar-refractivity contribution in [2.24, 2.45) is 5.41 Å². The first-order valence-corrected chi connectivity index (χ1v) is 13.3. The van der Waals surface area contributed by atoms with Crippen molar-refractivity contribution in [1.29, 1.82) is 0 Å². The molecule has 40 heavy (non-hydrogen) atoms. The molecule has 10 nitrogen and oxygen atoms in total. The third-order valence-corrected chi connectivity index (χ3v) is 7.62. The van der Waals surface area contributed by atoms with E-state index in [-0.39, 0.29) is 23.8 Å². The number of hydrogen-bond donors (Lipinski definition) is 4. The third kappa shape index (κ3) is 7.11. The van der Waals surface area contributed by atoms with Crippen LogP contribution in [-0.4, -0.2) is 77.9 Å². The number of aryl methyl sites for hydroxylation is 1. The van der Waals surface area contributed by atoms with Gasteiger partial charge in [0.05, 0.1) is 18.7 Å². The molecule has 0 bridgehead atoms. The van der Waals surface area contributed by atoms with E-state index in [4.69, 9.17) is 14.6 Å². The molecule has 0 unspecified atom stereocenters. The molecule has 2 fully saturated rings. The largest absolute Gasteiger partial charge is 0.490 e. The predicted octanol–water partition coefficient (Wildman–Crippen LogP) is 2.28. The summed E-state index contributed by atoms with van der Waals surface area (Å²) in [6.07, 6.45) is -1.67. The Kier molecular flexibility index (Phi) is 9.83. The van der Waals surface area contributed by atoms with Crippen molar-refractivity contribution in [3.8, 4) is 0 Å². The molecule has 2 heterocycles. The van der Waals surface area contributed by atoms with E-state index in [1.807, 2.05) is 26.0 Å². The maximum Gasteiger partial charge on any atom is 0.490 e. The number of alkyl halides is 3. The Morgan fingerprint density at radius 2 is 1.77 bits per heavy atom. The van der Waals surface area contributed by atoms with Gasteiger partial charge in [0.25, 0.3) is 0 Å². The minimum Gasteiger partial charge on any atom is -0.475 e. The lowest BCUT2D eigenvalue weighted by atomic mass is 9.82. The molecule has 0 saturated carbocycles. The highest BCUT2D eigenvalue weighted by Gasteiger charge is 2.55. The highest BCUT2D eigenvalue weighted by atomic mass is 19.4. The fourth-order valence-electron chi connectivity index (χ4n) is 5.43. The zero-order chi connectivity index (χ0) is 29.8. The minimum absolute atomic E-state index is 0.0627. The Morgan fingerprint density at radius 3 is 2.40 bits per heavy atom. The maximum atomic E-state index is 13.7. The topological polar surface area (TPSA) is 137 Å². The lowest BCUT2D eigenvalue weighted by Crippen LogP contribution is -2.58. The second kappa shape index (κ2) is 12.5. The summed E-state index contributed by atoms with van der Waals surface area (Å²) in [6, 6.07) is 6.38. The standard InChI is InChI=1S/C25H36N4O4.C2HF3O2/c1-15(26-4)22(30)28-19-12-13-33-20-14-25(2,3)21(29(20)24(19)32)23(31)27-18-11-7-9-16-8-5-6-10-17(16)18;3-2(4,5)1(6)7/h5-6,8,10,15,18-21,26H,7,9,11-14H2,1-4H3,(H,27,31)(H,28,30);(H,6,7)/t15-,18+,19-,20-,21+;/m0./s1. The van der Waals surface area contributed by atoms with Crippen molar-refractivity contribution in [3.05, 3.63) is 35.4 Å². The molecule has 1 aliphatic carbocycles. The van der Waals surface area contributed by atoms with Gasteiger partial charge in [0, 0.05) is 6.42 Å². The fourth-order valence-corrected chi connectivity index (χ4v) is 5.43. The summed E-state index contributed by atoms with van der Waals surface area (Å²) in [6.45, 7) is 6.11. The van der Waals surface area contributed by atoms with Gasteiger partial charge in [-0.15, -0.1) is 0 Å². The molecule has 4 rings (SSSR count). The Labute approximate surface area is 231 Å². The van der Waals surface area contributed by atoms with E-state index in [0.717, 1.165) is 24.8 Å². The van der Waals surface area contributed by atoms with E-state index in [9.17, 15) is 27.6 Å². The van der Waals surface area contributed by atoms with E-state index in [1.54, 1.807) is 18.9 Å². The molecule has 3 amide bonds. The van der Waals surface area contributed by atoms with Crippen LogP contribution < -0.4 is 16.0 Å². The molecule has 222 valence electrons. The maximum absolute atomic E-state index is 13.7. The van der Waals surface area contributed by atoms with Crippen molar-refractivity contribution >= 4 is 23.7 Å². The molecule has 0 radical (unpaired) electrons. The Hall–Kier alpha value is -3.19. The van der Waals surface area contributed by atoms with Gasteiger partial charge in [-0.2, -0.15) is 13.2 Å². The minimum atomic E-state index is -5.08. The summed E-state index contributed by atoms with van der Waals surface area (Å²) < 4.78 is 37.8. The van der Waals surface area contributed by atoms with Crippen LogP contribution in [0.3, 0.4) is 0 Å². The quantitative estimate of drug-likeness (QED) is 0.426. The van der Waals surface area contributed by atoms with E-state index < -0.39 is 41.9 Å². The van der Waals surface area contributed by atoms with Gasteiger partial charge in [-0.25, -0.2) is 4.79 Å². The molecule has 1 aromatic carbocycles. The molecule has 1 aromatic rings. The van der Waals surface area contributed by atoms with Gasteiger partial charge >= 0.3 is 12.1 Å². The molecule has 0 spiro atoms. The van der Waals surface area contributed by atoms with Gasteiger partial charge in [0.2, 0.25) is 17.7 Å². The molecule has 2 aliphatic heterocycles. The number of nitrogens with zero attached hydrogens (tertiary/aromatic N) is 1. The lowest BCUT2D eigenvalue weighted by Gasteiger charge is -2.35. The fraction of sp³-hybridized carbons (Fsp3) is 0.630. The predicted molar refractivity (Wildman–Crippen MR) is 138 cm³/mol. The van der Waals surface area contributed by atoms with Crippen LogP contribution >= 0.6 is 0 Å². The monoisotopic (exact) mass is 570 g/mol. The van der Waals surface area contributed by atoms with Crippen molar-refractivity contribution in [2.75, 3.05) is 13.7 Å². The molecular weight excluding hydrogens is 533 g/mol. The summed E-state index contributed by atoms with van der Waals surface area (Å²) in [4.78, 5) is 50.2. The number of carboxylic acids is 1. The molecular formula is C27H37F3N4O6. The molecule has 0 aromatic heterocycles. The highest BCUT2D eigenvalue weighted by molar-refractivity contribution is 5.94. The van der Waals surface area contributed by atoms with E-state index in [0.29, 0.717) is 19.4 Å². The van der Waals surface area contributed by atoms with Gasteiger partial charge in [-0.1, -0.05) is 38.1 Å². The summed E-state index contributed by atoms with van der Waals surface area (Å²) >= 11 is 0. The van der Waals surface area contributed by atoms with Crippen LogP contribution in [0.15, 0.2) is 24.3 Å². The highest BCUT2D eigenvalue weighted by Crippen LogP contribution is 2.43.